The molecule has 1 atom stereocenters. The van der Waals surface area contributed by atoms with Gasteiger partial charge in [0.15, 0.2) is 0 Å². The van der Waals surface area contributed by atoms with Crippen LogP contribution >= 0.6 is 0 Å². The molecule has 0 fully saturated rings. The van der Waals surface area contributed by atoms with Crippen molar-refractivity contribution in [1.29, 1.82) is 0 Å². The Kier molecular flexibility index (Phi) is 3.67. The number of nitrogens with zero attached hydrogens (tertiary/aromatic N) is 1. The van der Waals surface area contributed by atoms with Crippen molar-refractivity contribution in [1.82, 2.24) is 0 Å². The molecule has 0 bridgehead atoms. The second kappa shape index (κ2) is 3.85. The fourth-order valence-corrected chi connectivity index (χ4v) is 0.360. The Balaban J connectivity index is 3.16. The molecule has 0 rings (SSSR count). The van der Waals surface area contributed by atoms with Gasteiger partial charge in [-0.15, -0.1) is 0 Å². The molecule has 0 aromatic carbocycles. The number of aliphatic imine (C=N–C) groups is 1. The predicted octanol–water partition coefficient (Wildman–Crippen LogP) is 1.88. The Morgan fingerprint density at radius 3 is 2.43 bits per heavy atom. The van der Waals surface area contributed by atoms with Crippen LogP contribution in [0.3, 0.4) is 0 Å². The highest BCUT2D eigenvalue weighted by Gasteiger charge is 1.86. The van der Waals surface area contributed by atoms with Gasteiger partial charge in [0.1, 0.15) is 0 Å². The average Bonchev–Trinajstić information content (AvgIpc) is 1.68. The Labute approximate surface area is 45.5 Å². The van der Waals surface area contributed by atoms with E-state index in [0.717, 1.165) is 6.42 Å². The first-order valence-electron chi connectivity index (χ1n) is 2.79. The van der Waals surface area contributed by atoms with E-state index in [1.54, 1.807) is 0 Å². The Morgan fingerprint density at radius 1 is 1.71 bits per heavy atom. The third kappa shape index (κ3) is 3.50. The number of rotatable bonds is 2. The van der Waals surface area contributed by atoms with Gasteiger partial charge in [-0.3, -0.25) is 4.99 Å². The van der Waals surface area contributed by atoms with Gasteiger partial charge in [0.25, 0.3) is 0 Å². The van der Waals surface area contributed by atoms with E-state index in [9.17, 15) is 0 Å². The van der Waals surface area contributed by atoms with Gasteiger partial charge >= 0.3 is 0 Å². The first-order chi connectivity index (χ1) is 3.31. The number of hydrogen-bond donors (Lipinski definition) is 0. The molecule has 0 radical (unpaired) electrons. The van der Waals surface area contributed by atoms with Crippen LogP contribution < -0.4 is 0 Å². The molecule has 0 saturated heterocycles. The van der Waals surface area contributed by atoms with Gasteiger partial charge < -0.3 is 0 Å². The molecule has 42 valence electrons. The molecule has 0 aromatic heterocycles. The van der Waals surface area contributed by atoms with E-state index in [4.69, 9.17) is 0 Å². The molecule has 0 spiro atoms. The molecule has 0 N–H and O–H groups in total. The van der Waals surface area contributed by atoms with Crippen molar-refractivity contribution in [2.24, 2.45) is 4.99 Å². The highest BCUT2D eigenvalue weighted by molar-refractivity contribution is 5.53. The van der Waals surface area contributed by atoms with E-state index in [1.807, 2.05) is 13.1 Å². The van der Waals surface area contributed by atoms with Crippen molar-refractivity contribution in [2.75, 3.05) is 0 Å². The lowest BCUT2D eigenvalue weighted by atomic mass is 10.3. The molecule has 0 aliphatic heterocycles. The molecule has 0 aromatic rings. The Bertz CT molecular complexity index is 57.2. The summed E-state index contributed by atoms with van der Waals surface area (Å²) in [4.78, 5) is 4.12. The SMILES string of the molecule is C/C=N\C(C)CC. The van der Waals surface area contributed by atoms with Gasteiger partial charge in [0.2, 0.25) is 0 Å². The molecule has 1 unspecified atom stereocenters. The lowest BCUT2D eigenvalue weighted by molar-refractivity contribution is 0.720. The van der Waals surface area contributed by atoms with Gasteiger partial charge in [0.05, 0.1) is 0 Å². The lowest BCUT2D eigenvalue weighted by Gasteiger charge is -1.95. The third-order valence-electron chi connectivity index (χ3n) is 0.994. The molecule has 0 heterocycles. The van der Waals surface area contributed by atoms with Crippen LogP contribution in [-0.2, 0) is 0 Å². The highest BCUT2D eigenvalue weighted by Crippen LogP contribution is 1.91. The van der Waals surface area contributed by atoms with E-state index in [2.05, 4.69) is 18.8 Å². The minimum atomic E-state index is 0.519. The van der Waals surface area contributed by atoms with E-state index >= 15 is 0 Å². The van der Waals surface area contributed by atoms with E-state index in [-0.39, 0.29) is 0 Å². The summed E-state index contributed by atoms with van der Waals surface area (Å²) in [5.41, 5.74) is 0. The van der Waals surface area contributed by atoms with Crippen LogP contribution in [0.25, 0.3) is 0 Å². The lowest BCUT2D eigenvalue weighted by Crippen LogP contribution is -1.92. The molecule has 0 aliphatic rings. The summed E-state index contributed by atoms with van der Waals surface area (Å²) < 4.78 is 0. The molecule has 1 heteroatoms. The van der Waals surface area contributed by atoms with Crippen molar-refractivity contribution >= 4 is 6.21 Å². The summed E-state index contributed by atoms with van der Waals surface area (Å²) in [5, 5.41) is 0. The topological polar surface area (TPSA) is 12.4 Å². The van der Waals surface area contributed by atoms with Crippen LogP contribution in [0.4, 0.5) is 0 Å². The summed E-state index contributed by atoms with van der Waals surface area (Å²) in [5.74, 6) is 0. The maximum Gasteiger partial charge on any atom is 0.0464 e. The zero-order valence-electron chi connectivity index (χ0n) is 5.31. The first kappa shape index (κ1) is 6.67. The minimum Gasteiger partial charge on any atom is -0.295 e. The molecule has 0 aliphatic carbocycles. The predicted molar refractivity (Wildman–Crippen MR) is 33.9 cm³/mol. The minimum absolute atomic E-state index is 0.519. The molecule has 0 amide bonds. The van der Waals surface area contributed by atoms with Crippen LogP contribution in [0, 0.1) is 0 Å². The number of hydrogen-bond acceptors (Lipinski definition) is 1. The van der Waals surface area contributed by atoms with Crippen LogP contribution in [0.1, 0.15) is 27.2 Å². The average molecular weight is 99.2 g/mol. The first-order valence-corrected chi connectivity index (χ1v) is 2.79. The van der Waals surface area contributed by atoms with E-state index in [0.29, 0.717) is 6.04 Å². The van der Waals surface area contributed by atoms with Crippen LogP contribution in [-0.4, -0.2) is 12.3 Å². The maximum atomic E-state index is 4.12. The summed E-state index contributed by atoms with van der Waals surface area (Å²) >= 11 is 0. The quantitative estimate of drug-likeness (QED) is 0.469. The second-order valence-electron chi connectivity index (χ2n) is 1.66. The zero-order chi connectivity index (χ0) is 5.70. The van der Waals surface area contributed by atoms with E-state index in [1.165, 1.54) is 0 Å². The second-order valence-corrected chi connectivity index (χ2v) is 1.66. The monoisotopic (exact) mass is 99.1 g/mol. The Hall–Kier alpha value is -0.330. The van der Waals surface area contributed by atoms with Crippen LogP contribution in [0.5, 0.6) is 0 Å². The van der Waals surface area contributed by atoms with Gasteiger partial charge in [0, 0.05) is 6.04 Å². The Morgan fingerprint density at radius 2 is 2.29 bits per heavy atom. The molecular weight excluding hydrogens is 86.1 g/mol. The van der Waals surface area contributed by atoms with Crippen LogP contribution in [0.2, 0.25) is 0 Å². The van der Waals surface area contributed by atoms with Crippen molar-refractivity contribution in [3.05, 3.63) is 0 Å². The highest BCUT2D eigenvalue weighted by atomic mass is 14.7. The normalized spacial score (nSPS) is 15.3. The smallest absolute Gasteiger partial charge is 0.0464 e. The summed E-state index contributed by atoms with van der Waals surface area (Å²) in [7, 11) is 0. The van der Waals surface area contributed by atoms with Gasteiger partial charge in [-0.1, -0.05) is 6.92 Å². The molecular formula is C6H13N. The third-order valence-corrected chi connectivity index (χ3v) is 0.994. The largest absolute Gasteiger partial charge is 0.295 e. The standard InChI is InChI=1S/C6H13N/c1-4-6(3)7-5-2/h5-6H,4H2,1-3H3/b7-5-. The van der Waals surface area contributed by atoms with Gasteiger partial charge in [-0.2, -0.15) is 0 Å². The van der Waals surface area contributed by atoms with Crippen molar-refractivity contribution in [2.45, 2.75) is 33.2 Å². The van der Waals surface area contributed by atoms with E-state index < -0.39 is 0 Å². The van der Waals surface area contributed by atoms with Crippen molar-refractivity contribution in [3.63, 3.8) is 0 Å². The van der Waals surface area contributed by atoms with Gasteiger partial charge in [-0.25, -0.2) is 0 Å². The fraction of sp³-hybridized carbons (Fsp3) is 0.833. The summed E-state index contributed by atoms with van der Waals surface area (Å²) in [6, 6.07) is 0.519. The van der Waals surface area contributed by atoms with Crippen molar-refractivity contribution < 1.29 is 0 Å². The van der Waals surface area contributed by atoms with Crippen LogP contribution in [0.15, 0.2) is 4.99 Å². The summed E-state index contributed by atoms with van der Waals surface area (Å²) in [6.07, 6.45) is 3.00. The molecule has 0 saturated carbocycles. The molecule has 7 heavy (non-hydrogen) atoms. The zero-order valence-corrected chi connectivity index (χ0v) is 5.31. The summed E-state index contributed by atoms with van der Waals surface area (Å²) in [6.45, 7) is 6.20. The fourth-order valence-electron chi connectivity index (χ4n) is 0.360. The van der Waals surface area contributed by atoms with Gasteiger partial charge in [-0.05, 0) is 26.5 Å². The molecule has 1 nitrogen and oxygen atoms in total. The maximum absolute atomic E-state index is 4.12. The van der Waals surface area contributed by atoms with Crippen molar-refractivity contribution in [3.8, 4) is 0 Å².